The lowest BCUT2D eigenvalue weighted by Crippen LogP contribution is -2.36. The molecule has 0 bridgehead atoms. The van der Waals surface area contributed by atoms with Crippen molar-refractivity contribution in [3.05, 3.63) is 47.9 Å². The topological polar surface area (TPSA) is 71.7 Å². The monoisotopic (exact) mass is 416 g/mol. The Balaban J connectivity index is 0.00000242. The third-order valence-corrected chi connectivity index (χ3v) is 2.83. The van der Waals surface area contributed by atoms with Crippen LogP contribution in [0.25, 0.3) is 0 Å². The second-order valence-electron chi connectivity index (χ2n) is 4.39. The lowest BCUT2D eigenvalue weighted by Gasteiger charge is -2.10. The van der Waals surface area contributed by atoms with Crippen molar-refractivity contribution in [1.82, 2.24) is 15.8 Å². The largest absolute Gasteiger partial charge is 0.497 e. The zero-order chi connectivity index (χ0) is 14.9. The standard InChI is InChI=1S/C15H20N4O2.HI/c1-3-16-15(18-11-13-7-8-21-19-13)17-10-12-5-4-6-14(9-12)20-2;/h4-9H,3,10-11H2,1-2H3,(H2,16,17,18);1H. The van der Waals surface area contributed by atoms with Gasteiger partial charge in [-0.2, -0.15) is 0 Å². The van der Waals surface area contributed by atoms with Crippen LogP contribution in [0.4, 0.5) is 0 Å². The average molecular weight is 416 g/mol. The van der Waals surface area contributed by atoms with Gasteiger partial charge in [-0.25, -0.2) is 4.99 Å². The molecule has 22 heavy (non-hydrogen) atoms. The Bertz CT molecular complexity index is 573. The summed E-state index contributed by atoms with van der Waals surface area (Å²) in [5.41, 5.74) is 1.93. The molecular weight excluding hydrogens is 395 g/mol. The highest BCUT2D eigenvalue weighted by atomic mass is 127. The second-order valence-corrected chi connectivity index (χ2v) is 4.39. The first-order valence-corrected chi connectivity index (χ1v) is 6.86. The van der Waals surface area contributed by atoms with Crippen LogP contribution < -0.4 is 15.4 Å². The predicted octanol–water partition coefficient (Wildman–Crippen LogP) is 2.56. The van der Waals surface area contributed by atoms with E-state index in [9.17, 15) is 0 Å². The Kier molecular flexibility index (Phi) is 8.34. The van der Waals surface area contributed by atoms with Gasteiger partial charge in [0, 0.05) is 12.6 Å². The fourth-order valence-corrected chi connectivity index (χ4v) is 1.79. The molecule has 2 aromatic rings. The number of aromatic nitrogens is 1. The van der Waals surface area contributed by atoms with Crippen LogP contribution in [0, 0.1) is 0 Å². The summed E-state index contributed by atoms with van der Waals surface area (Å²) in [4.78, 5) is 4.54. The molecule has 0 aliphatic carbocycles. The maximum atomic E-state index is 5.21. The van der Waals surface area contributed by atoms with Crippen molar-refractivity contribution in [1.29, 1.82) is 0 Å². The van der Waals surface area contributed by atoms with E-state index in [2.05, 4.69) is 20.8 Å². The summed E-state index contributed by atoms with van der Waals surface area (Å²) in [5, 5.41) is 10.3. The Morgan fingerprint density at radius 1 is 1.32 bits per heavy atom. The number of rotatable bonds is 6. The van der Waals surface area contributed by atoms with Gasteiger partial charge in [0.15, 0.2) is 5.96 Å². The maximum absolute atomic E-state index is 5.21. The molecule has 6 nitrogen and oxygen atoms in total. The maximum Gasteiger partial charge on any atom is 0.191 e. The molecule has 0 fully saturated rings. The number of halogens is 1. The van der Waals surface area contributed by atoms with E-state index >= 15 is 0 Å². The molecule has 0 aliphatic rings. The summed E-state index contributed by atoms with van der Waals surface area (Å²) in [5.74, 6) is 1.58. The summed E-state index contributed by atoms with van der Waals surface area (Å²) < 4.78 is 10.0. The number of nitrogens with zero attached hydrogens (tertiary/aromatic N) is 2. The van der Waals surface area contributed by atoms with Gasteiger partial charge in [-0.05, 0) is 24.6 Å². The van der Waals surface area contributed by atoms with Gasteiger partial charge in [0.05, 0.1) is 20.2 Å². The second kappa shape index (κ2) is 10.0. The number of guanidine groups is 1. The van der Waals surface area contributed by atoms with Gasteiger partial charge in [0.25, 0.3) is 0 Å². The van der Waals surface area contributed by atoms with E-state index in [0.717, 1.165) is 29.5 Å². The van der Waals surface area contributed by atoms with Crippen LogP contribution in [0.2, 0.25) is 0 Å². The number of methoxy groups -OCH3 is 1. The van der Waals surface area contributed by atoms with E-state index in [1.54, 1.807) is 13.4 Å². The summed E-state index contributed by atoms with van der Waals surface area (Å²) in [6, 6.07) is 9.69. The van der Waals surface area contributed by atoms with Gasteiger partial charge in [0.1, 0.15) is 17.7 Å². The fraction of sp³-hybridized carbons (Fsp3) is 0.333. The van der Waals surface area contributed by atoms with Crippen molar-refractivity contribution in [2.75, 3.05) is 13.7 Å². The van der Waals surface area contributed by atoms with Crippen molar-refractivity contribution >= 4 is 29.9 Å². The Morgan fingerprint density at radius 3 is 2.86 bits per heavy atom. The highest BCUT2D eigenvalue weighted by molar-refractivity contribution is 14.0. The quantitative estimate of drug-likeness (QED) is 0.430. The lowest BCUT2D eigenvalue weighted by molar-refractivity contribution is 0.410. The van der Waals surface area contributed by atoms with Crippen LogP contribution in [-0.4, -0.2) is 24.8 Å². The molecule has 0 atom stereocenters. The number of benzene rings is 1. The molecule has 7 heteroatoms. The third kappa shape index (κ3) is 5.92. The van der Waals surface area contributed by atoms with E-state index in [-0.39, 0.29) is 24.0 Å². The van der Waals surface area contributed by atoms with Gasteiger partial charge in [-0.15, -0.1) is 24.0 Å². The average Bonchev–Trinajstić information content (AvgIpc) is 3.03. The Morgan fingerprint density at radius 2 is 2.18 bits per heavy atom. The molecule has 1 aromatic carbocycles. The number of nitrogens with one attached hydrogen (secondary N) is 2. The predicted molar refractivity (Wildman–Crippen MR) is 96.6 cm³/mol. The molecule has 1 heterocycles. The minimum Gasteiger partial charge on any atom is -0.497 e. The zero-order valence-electron chi connectivity index (χ0n) is 12.7. The highest BCUT2D eigenvalue weighted by Gasteiger charge is 2.01. The molecule has 0 amide bonds. The van der Waals surface area contributed by atoms with Crippen molar-refractivity contribution in [3.8, 4) is 5.75 Å². The molecule has 120 valence electrons. The van der Waals surface area contributed by atoms with Gasteiger partial charge >= 0.3 is 0 Å². The highest BCUT2D eigenvalue weighted by Crippen LogP contribution is 2.13. The molecule has 0 spiro atoms. The van der Waals surface area contributed by atoms with Crippen LogP contribution in [0.1, 0.15) is 18.2 Å². The SMILES string of the molecule is CCNC(=NCc1cccc(OC)c1)NCc1ccon1.I. The van der Waals surface area contributed by atoms with Crippen molar-refractivity contribution in [2.24, 2.45) is 4.99 Å². The normalized spacial score (nSPS) is 10.7. The first-order valence-electron chi connectivity index (χ1n) is 6.86. The number of ether oxygens (including phenoxy) is 1. The Labute approximate surface area is 147 Å². The molecular formula is C15H21IN4O2. The number of aliphatic imine (C=N–C) groups is 1. The van der Waals surface area contributed by atoms with Crippen molar-refractivity contribution < 1.29 is 9.26 Å². The summed E-state index contributed by atoms with van der Waals surface area (Å²) in [6.45, 7) is 3.97. The van der Waals surface area contributed by atoms with Crippen LogP contribution in [0.5, 0.6) is 5.75 Å². The molecule has 0 unspecified atom stereocenters. The van der Waals surface area contributed by atoms with Gasteiger partial charge in [-0.1, -0.05) is 17.3 Å². The number of hydrogen-bond donors (Lipinski definition) is 2. The molecule has 0 saturated carbocycles. The minimum absolute atomic E-state index is 0. The van der Waals surface area contributed by atoms with Gasteiger partial charge in [-0.3, -0.25) is 0 Å². The zero-order valence-corrected chi connectivity index (χ0v) is 15.0. The van der Waals surface area contributed by atoms with E-state index in [1.807, 2.05) is 37.3 Å². The van der Waals surface area contributed by atoms with E-state index < -0.39 is 0 Å². The first-order chi connectivity index (χ1) is 10.3. The molecule has 0 saturated heterocycles. The summed E-state index contributed by atoms with van der Waals surface area (Å²) in [7, 11) is 1.66. The molecule has 1 aromatic heterocycles. The van der Waals surface area contributed by atoms with E-state index in [4.69, 9.17) is 9.26 Å². The van der Waals surface area contributed by atoms with Crippen LogP contribution in [0.15, 0.2) is 46.1 Å². The molecule has 2 rings (SSSR count). The lowest BCUT2D eigenvalue weighted by atomic mass is 10.2. The summed E-state index contributed by atoms with van der Waals surface area (Å²) in [6.07, 6.45) is 1.55. The van der Waals surface area contributed by atoms with Crippen molar-refractivity contribution in [3.63, 3.8) is 0 Å². The van der Waals surface area contributed by atoms with Crippen LogP contribution in [-0.2, 0) is 13.1 Å². The third-order valence-electron chi connectivity index (χ3n) is 2.83. The Hall–Kier alpha value is -1.77. The van der Waals surface area contributed by atoms with Gasteiger partial charge < -0.3 is 19.9 Å². The molecule has 0 aliphatic heterocycles. The fourth-order valence-electron chi connectivity index (χ4n) is 1.79. The van der Waals surface area contributed by atoms with Crippen molar-refractivity contribution in [2.45, 2.75) is 20.0 Å². The first kappa shape index (κ1) is 18.3. The summed E-state index contributed by atoms with van der Waals surface area (Å²) >= 11 is 0. The number of hydrogen-bond acceptors (Lipinski definition) is 4. The van der Waals surface area contributed by atoms with E-state index in [0.29, 0.717) is 13.1 Å². The smallest absolute Gasteiger partial charge is 0.191 e. The molecule has 2 N–H and O–H groups in total. The van der Waals surface area contributed by atoms with Gasteiger partial charge in [0.2, 0.25) is 0 Å². The van der Waals surface area contributed by atoms with E-state index in [1.165, 1.54) is 0 Å². The molecule has 0 radical (unpaired) electrons. The minimum atomic E-state index is 0. The van der Waals surface area contributed by atoms with Crippen LogP contribution >= 0.6 is 24.0 Å². The van der Waals surface area contributed by atoms with Crippen LogP contribution in [0.3, 0.4) is 0 Å².